The first-order chi connectivity index (χ1) is 9.02. The second-order valence-corrected chi connectivity index (χ2v) is 6.84. The molecule has 1 aromatic carbocycles. The highest BCUT2D eigenvalue weighted by Crippen LogP contribution is 2.39. The first-order valence-corrected chi connectivity index (χ1v) is 8.01. The molecule has 0 radical (unpaired) electrons. The zero-order valence-corrected chi connectivity index (χ0v) is 13.7. The molecule has 1 unspecified atom stereocenters. The highest BCUT2D eigenvalue weighted by Gasteiger charge is 2.28. The smallest absolute Gasteiger partial charge is 0.129 e. The normalized spacial score (nSPS) is 25.3. The number of nitrogens with one attached hydrogen (secondary N) is 1. The maximum atomic E-state index is 14.2. The van der Waals surface area contributed by atoms with E-state index in [1.807, 2.05) is 7.05 Å². The fourth-order valence-electron chi connectivity index (χ4n) is 3.04. The molecule has 0 heterocycles. The molecule has 0 aliphatic heterocycles. The van der Waals surface area contributed by atoms with Crippen LogP contribution in [0.5, 0.6) is 0 Å². The van der Waals surface area contributed by atoms with Crippen LogP contribution in [0.25, 0.3) is 0 Å². The molecule has 0 saturated heterocycles. The number of hydrogen-bond acceptors (Lipinski definition) is 1. The van der Waals surface area contributed by atoms with E-state index in [0.29, 0.717) is 21.0 Å². The molecule has 1 aromatic rings. The Morgan fingerprint density at radius 2 is 1.95 bits per heavy atom. The Morgan fingerprint density at radius 3 is 2.53 bits per heavy atom. The summed E-state index contributed by atoms with van der Waals surface area (Å²) in [7, 11) is 1.90. The van der Waals surface area contributed by atoms with Gasteiger partial charge in [-0.2, -0.15) is 0 Å². The summed E-state index contributed by atoms with van der Waals surface area (Å²) < 4.78 is 14.8. The summed E-state index contributed by atoms with van der Waals surface area (Å²) in [4.78, 5) is 0. The number of hydrogen-bond donors (Lipinski definition) is 1. The number of rotatable bonds is 3. The lowest BCUT2D eigenvalue weighted by Crippen LogP contribution is -2.29. The molecule has 1 nitrogen and oxygen atoms in total. The largest absolute Gasteiger partial charge is 0.313 e. The van der Waals surface area contributed by atoms with E-state index in [-0.39, 0.29) is 11.9 Å². The average molecular weight is 349 g/mol. The van der Waals surface area contributed by atoms with Gasteiger partial charge in [-0.15, -0.1) is 0 Å². The fraction of sp³-hybridized carbons (Fsp3) is 0.600. The van der Waals surface area contributed by atoms with Gasteiger partial charge < -0.3 is 5.32 Å². The van der Waals surface area contributed by atoms with Gasteiger partial charge in [-0.1, -0.05) is 31.4 Å². The summed E-state index contributed by atoms with van der Waals surface area (Å²) in [6.45, 7) is 2.29. The molecule has 1 atom stereocenters. The Balaban J connectivity index is 2.24. The topological polar surface area (TPSA) is 12.0 Å². The van der Waals surface area contributed by atoms with Crippen LogP contribution in [0.1, 0.15) is 44.2 Å². The van der Waals surface area contributed by atoms with E-state index in [2.05, 4.69) is 28.2 Å². The molecule has 4 heteroatoms. The van der Waals surface area contributed by atoms with Crippen molar-refractivity contribution in [3.05, 3.63) is 33.0 Å². The van der Waals surface area contributed by atoms with Gasteiger partial charge in [0.2, 0.25) is 0 Å². The molecule has 1 saturated carbocycles. The SMILES string of the molecule is CNC(c1cc(Cl)c(Br)cc1F)C1CCC(C)CC1. The summed E-state index contributed by atoms with van der Waals surface area (Å²) in [5.74, 6) is 1.11. The maximum Gasteiger partial charge on any atom is 0.129 e. The zero-order chi connectivity index (χ0) is 14.0. The van der Waals surface area contributed by atoms with Crippen molar-refractivity contribution in [2.24, 2.45) is 11.8 Å². The van der Waals surface area contributed by atoms with Crippen LogP contribution in [-0.2, 0) is 0 Å². The predicted molar refractivity (Wildman–Crippen MR) is 82.0 cm³/mol. The van der Waals surface area contributed by atoms with Gasteiger partial charge in [0.15, 0.2) is 0 Å². The molecule has 1 N–H and O–H groups in total. The Morgan fingerprint density at radius 1 is 1.32 bits per heavy atom. The highest BCUT2D eigenvalue weighted by atomic mass is 79.9. The molecule has 0 spiro atoms. The van der Waals surface area contributed by atoms with E-state index in [1.165, 1.54) is 18.9 Å². The minimum absolute atomic E-state index is 0.0538. The first kappa shape index (κ1) is 15.3. The fourth-order valence-corrected chi connectivity index (χ4v) is 3.53. The summed E-state index contributed by atoms with van der Waals surface area (Å²) in [5.41, 5.74) is 0.690. The molecule has 1 fully saturated rings. The molecule has 0 aromatic heterocycles. The third-order valence-corrected chi connectivity index (χ3v) is 5.41. The molecule has 1 aliphatic rings. The van der Waals surface area contributed by atoms with Gasteiger partial charge in [-0.05, 0) is 59.8 Å². The second kappa shape index (κ2) is 6.55. The molecule has 0 bridgehead atoms. The van der Waals surface area contributed by atoms with Crippen LogP contribution in [0, 0.1) is 17.7 Å². The Hall–Kier alpha value is -0.120. The molecular formula is C15H20BrClFN. The molecule has 2 rings (SSSR count). The molecule has 1 aliphatic carbocycles. The van der Waals surface area contributed by atoms with Crippen molar-refractivity contribution < 1.29 is 4.39 Å². The van der Waals surface area contributed by atoms with Gasteiger partial charge >= 0.3 is 0 Å². The minimum atomic E-state index is -0.186. The lowest BCUT2D eigenvalue weighted by molar-refractivity contribution is 0.235. The number of halogens is 3. The first-order valence-electron chi connectivity index (χ1n) is 6.84. The Bertz CT molecular complexity index is 444. The lowest BCUT2D eigenvalue weighted by Gasteiger charge is -2.33. The van der Waals surface area contributed by atoms with Crippen LogP contribution in [0.2, 0.25) is 5.02 Å². The molecule has 19 heavy (non-hydrogen) atoms. The van der Waals surface area contributed by atoms with Crippen molar-refractivity contribution in [1.29, 1.82) is 0 Å². The van der Waals surface area contributed by atoms with Crippen LogP contribution in [-0.4, -0.2) is 7.05 Å². The van der Waals surface area contributed by atoms with Crippen LogP contribution >= 0.6 is 27.5 Å². The van der Waals surface area contributed by atoms with Crippen molar-refractivity contribution >= 4 is 27.5 Å². The van der Waals surface area contributed by atoms with Crippen molar-refractivity contribution in [2.45, 2.75) is 38.6 Å². The number of benzene rings is 1. The molecular weight excluding hydrogens is 329 g/mol. The van der Waals surface area contributed by atoms with E-state index < -0.39 is 0 Å². The third kappa shape index (κ3) is 3.50. The van der Waals surface area contributed by atoms with E-state index in [4.69, 9.17) is 11.6 Å². The summed E-state index contributed by atoms with van der Waals surface area (Å²) in [5, 5.41) is 3.85. The van der Waals surface area contributed by atoms with Crippen LogP contribution in [0.4, 0.5) is 4.39 Å². The second-order valence-electron chi connectivity index (χ2n) is 5.57. The average Bonchev–Trinajstić information content (AvgIpc) is 2.38. The van der Waals surface area contributed by atoms with E-state index in [0.717, 1.165) is 18.8 Å². The van der Waals surface area contributed by atoms with Crippen LogP contribution < -0.4 is 5.32 Å². The summed E-state index contributed by atoms with van der Waals surface area (Å²) in [6, 6.07) is 3.27. The molecule has 106 valence electrons. The van der Waals surface area contributed by atoms with Gasteiger partial charge in [-0.25, -0.2) is 4.39 Å². The Labute approximate surface area is 128 Å². The highest BCUT2D eigenvalue weighted by molar-refractivity contribution is 9.10. The van der Waals surface area contributed by atoms with Gasteiger partial charge in [0.05, 0.1) is 5.02 Å². The van der Waals surface area contributed by atoms with Crippen molar-refractivity contribution in [3.63, 3.8) is 0 Å². The van der Waals surface area contributed by atoms with E-state index in [1.54, 1.807) is 6.07 Å². The zero-order valence-electron chi connectivity index (χ0n) is 11.3. The van der Waals surface area contributed by atoms with Crippen LogP contribution in [0.15, 0.2) is 16.6 Å². The summed E-state index contributed by atoms with van der Waals surface area (Å²) >= 11 is 9.37. The Kier molecular flexibility index (Phi) is 5.27. The predicted octanol–water partition coefficient (Wildman–Crippen LogP) is 5.33. The van der Waals surface area contributed by atoms with Crippen molar-refractivity contribution in [2.75, 3.05) is 7.05 Å². The monoisotopic (exact) mass is 347 g/mol. The lowest BCUT2D eigenvalue weighted by atomic mass is 9.77. The third-order valence-electron chi connectivity index (χ3n) is 4.22. The standard InChI is InChI=1S/C15H20BrClFN/c1-9-3-5-10(6-4-9)15(19-2)11-7-13(17)12(16)8-14(11)18/h7-10,15,19H,3-6H2,1-2H3. The van der Waals surface area contributed by atoms with E-state index in [9.17, 15) is 4.39 Å². The minimum Gasteiger partial charge on any atom is -0.313 e. The van der Waals surface area contributed by atoms with Gasteiger partial charge in [0.25, 0.3) is 0 Å². The van der Waals surface area contributed by atoms with E-state index >= 15 is 0 Å². The summed E-state index contributed by atoms with van der Waals surface area (Å²) in [6.07, 6.45) is 4.77. The van der Waals surface area contributed by atoms with Gasteiger partial charge in [0.1, 0.15) is 5.82 Å². The van der Waals surface area contributed by atoms with Crippen molar-refractivity contribution in [3.8, 4) is 0 Å². The quantitative estimate of drug-likeness (QED) is 0.728. The van der Waals surface area contributed by atoms with Gasteiger partial charge in [0, 0.05) is 16.1 Å². The molecule has 0 amide bonds. The van der Waals surface area contributed by atoms with Crippen LogP contribution in [0.3, 0.4) is 0 Å². The maximum absolute atomic E-state index is 14.2. The van der Waals surface area contributed by atoms with Crippen molar-refractivity contribution in [1.82, 2.24) is 5.32 Å². The van der Waals surface area contributed by atoms with Gasteiger partial charge in [-0.3, -0.25) is 0 Å².